The molecule has 4 nitrogen and oxygen atoms in total. The number of thiazole rings is 1. The molecule has 0 atom stereocenters. The SMILES string of the molecule is CCNC(=NCCc1sc(C)nc1C)NCCC1=CCCCC1.I. The molecule has 0 aliphatic heterocycles. The van der Waals surface area contributed by atoms with Gasteiger partial charge in [0.1, 0.15) is 0 Å². The Balaban J connectivity index is 0.00000288. The Bertz CT molecular complexity index is 551. The van der Waals surface area contributed by atoms with E-state index in [-0.39, 0.29) is 24.0 Å². The summed E-state index contributed by atoms with van der Waals surface area (Å²) in [6, 6.07) is 0. The summed E-state index contributed by atoms with van der Waals surface area (Å²) in [6.07, 6.45) is 9.78. The van der Waals surface area contributed by atoms with Gasteiger partial charge < -0.3 is 10.6 Å². The van der Waals surface area contributed by atoms with Gasteiger partial charge in [-0.1, -0.05) is 11.6 Å². The molecule has 136 valence electrons. The van der Waals surface area contributed by atoms with Crippen molar-refractivity contribution in [2.75, 3.05) is 19.6 Å². The van der Waals surface area contributed by atoms with Gasteiger partial charge in [-0.15, -0.1) is 35.3 Å². The topological polar surface area (TPSA) is 49.3 Å². The molecule has 0 bridgehead atoms. The molecule has 0 saturated carbocycles. The van der Waals surface area contributed by atoms with E-state index in [1.807, 2.05) is 0 Å². The van der Waals surface area contributed by atoms with E-state index in [9.17, 15) is 0 Å². The normalized spacial score (nSPS) is 14.8. The van der Waals surface area contributed by atoms with Crippen LogP contribution >= 0.6 is 35.3 Å². The highest BCUT2D eigenvalue weighted by atomic mass is 127. The molecule has 0 unspecified atom stereocenters. The van der Waals surface area contributed by atoms with Crippen molar-refractivity contribution in [3.05, 3.63) is 27.2 Å². The first-order valence-corrected chi connectivity index (χ1v) is 9.63. The second-order valence-corrected chi connectivity index (χ2v) is 7.32. The number of hydrogen-bond acceptors (Lipinski definition) is 3. The van der Waals surface area contributed by atoms with Crippen LogP contribution in [0, 0.1) is 13.8 Å². The molecule has 0 radical (unpaired) electrons. The third kappa shape index (κ3) is 7.51. The van der Waals surface area contributed by atoms with Crippen molar-refractivity contribution in [3.8, 4) is 0 Å². The molecule has 1 heterocycles. The van der Waals surface area contributed by atoms with E-state index in [2.05, 4.69) is 42.5 Å². The zero-order valence-electron chi connectivity index (χ0n) is 15.2. The lowest BCUT2D eigenvalue weighted by Gasteiger charge is -2.15. The van der Waals surface area contributed by atoms with Crippen LogP contribution in [0.15, 0.2) is 16.6 Å². The average molecular weight is 462 g/mol. The van der Waals surface area contributed by atoms with Crippen molar-refractivity contribution < 1.29 is 0 Å². The first-order valence-electron chi connectivity index (χ1n) is 8.82. The van der Waals surface area contributed by atoms with Gasteiger partial charge in [-0.2, -0.15) is 0 Å². The second kappa shape index (κ2) is 11.8. The molecule has 0 saturated heterocycles. The molecule has 6 heteroatoms. The number of guanidine groups is 1. The highest BCUT2D eigenvalue weighted by Crippen LogP contribution is 2.19. The summed E-state index contributed by atoms with van der Waals surface area (Å²) < 4.78 is 0. The van der Waals surface area contributed by atoms with Crippen LogP contribution in [0.1, 0.15) is 54.6 Å². The lowest BCUT2D eigenvalue weighted by molar-refractivity contribution is 0.665. The Morgan fingerprint density at radius 1 is 1.25 bits per heavy atom. The Morgan fingerprint density at radius 3 is 2.71 bits per heavy atom. The van der Waals surface area contributed by atoms with Gasteiger partial charge in [0.15, 0.2) is 5.96 Å². The number of allylic oxidation sites excluding steroid dienone is 1. The van der Waals surface area contributed by atoms with Gasteiger partial charge in [0.05, 0.1) is 10.7 Å². The van der Waals surface area contributed by atoms with E-state index in [4.69, 9.17) is 4.99 Å². The number of nitrogens with one attached hydrogen (secondary N) is 2. The molecule has 24 heavy (non-hydrogen) atoms. The van der Waals surface area contributed by atoms with E-state index in [1.165, 1.54) is 30.6 Å². The summed E-state index contributed by atoms with van der Waals surface area (Å²) in [5.74, 6) is 0.933. The molecular formula is C18H31IN4S. The van der Waals surface area contributed by atoms with Crippen molar-refractivity contribution >= 4 is 41.3 Å². The molecule has 2 N–H and O–H groups in total. The zero-order chi connectivity index (χ0) is 16.5. The summed E-state index contributed by atoms with van der Waals surface area (Å²) in [5.41, 5.74) is 2.76. The van der Waals surface area contributed by atoms with Crippen LogP contribution in [0.5, 0.6) is 0 Å². The van der Waals surface area contributed by atoms with Crippen LogP contribution in [0.2, 0.25) is 0 Å². The molecule has 1 aliphatic rings. The van der Waals surface area contributed by atoms with E-state index >= 15 is 0 Å². The van der Waals surface area contributed by atoms with Gasteiger partial charge in [-0.05, 0) is 52.9 Å². The standard InChI is InChI=1S/C18H30N4S.HI/c1-4-19-18(20-12-10-16-8-6-5-7-9-16)21-13-11-17-14(2)22-15(3)23-17;/h8H,4-7,9-13H2,1-3H3,(H2,19,20,21);1H. The predicted molar refractivity (Wildman–Crippen MR) is 116 cm³/mol. The van der Waals surface area contributed by atoms with Gasteiger partial charge in [0.25, 0.3) is 0 Å². The minimum atomic E-state index is 0. The number of rotatable bonds is 7. The third-order valence-electron chi connectivity index (χ3n) is 4.08. The van der Waals surface area contributed by atoms with E-state index in [0.29, 0.717) is 0 Å². The molecule has 1 aromatic heterocycles. The second-order valence-electron chi connectivity index (χ2n) is 6.04. The lowest BCUT2D eigenvalue weighted by atomic mass is 9.97. The molecule has 1 aromatic rings. The fourth-order valence-corrected chi connectivity index (χ4v) is 3.82. The molecule has 2 rings (SSSR count). The predicted octanol–water partition coefficient (Wildman–Crippen LogP) is 4.37. The Labute approximate surface area is 167 Å². The first-order chi connectivity index (χ1) is 11.2. The molecule has 0 aromatic carbocycles. The van der Waals surface area contributed by atoms with Gasteiger partial charge in [0, 0.05) is 30.9 Å². The highest BCUT2D eigenvalue weighted by molar-refractivity contribution is 14.0. The molecule has 0 spiro atoms. The number of aryl methyl sites for hydroxylation is 2. The number of nitrogens with zero attached hydrogens (tertiary/aromatic N) is 2. The lowest BCUT2D eigenvalue weighted by Crippen LogP contribution is -2.38. The zero-order valence-corrected chi connectivity index (χ0v) is 18.3. The Hall–Kier alpha value is -0.630. The largest absolute Gasteiger partial charge is 0.357 e. The van der Waals surface area contributed by atoms with Gasteiger partial charge in [0.2, 0.25) is 0 Å². The van der Waals surface area contributed by atoms with Gasteiger partial charge in [-0.3, -0.25) is 4.99 Å². The first kappa shape index (κ1) is 21.4. The van der Waals surface area contributed by atoms with Crippen LogP contribution in [0.25, 0.3) is 0 Å². The number of hydrogen-bond donors (Lipinski definition) is 2. The van der Waals surface area contributed by atoms with Crippen LogP contribution in [0.3, 0.4) is 0 Å². The smallest absolute Gasteiger partial charge is 0.191 e. The van der Waals surface area contributed by atoms with Crippen LogP contribution in [-0.4, -0.2) is 30.6 Å². The van der Waals surface area contributed by atoms with Gasteiger partial charge in [-0.25, -0.2) is 4.98 Å². The monoisotopic (exact) mass is 462 g/mol. The Morgan fingerprint density at radius 2 is 2.08 bits per heavy atom. The molecule has 0 amide bonds. The minimum Gasteiger partial charge on any atom is -0.357 e. The van der Waals surface area contributed by atoms with E-state index in [0.717, 1.165) is 49.1 Å². The van der Waals surface area contributed by atoms with Crippen LogP contribution in [0.4, 0.5) is 0 Å². The van der Waals surface area contributed by atoms with Crippen molar-refractivity contribution in [1.29, 1.82) is 0 Å². The maximum Gasteiger partial charge on any atom is 0.191 e. The maximum absolute atomic E-state index is 4.70. The Kier molecular flexibility index (Phi) is 10.6. The fraction of sp³-hybridized carbons (Fsp3) is 0.667. The van der Waals surface area contributed by atoms with E-state index in [1.54, 1.807) is 16.9 Å². The quantitative estimate of drug-likeness (QED) is 0.274. The van der Waals surface area contributed by atoms with Crippen molar-refractivity contribution in [3.63, 3.8) is 0 Å². The van der Waals surface area contributed by atoms with Crippen LogP contribution < -0.4 is 10.6 Å². The summed E-state index contributed by atoms with van der Waals surface area (Å²) in [7, 11) is 0. The fourth-order valence-electron chi connectivity index (χ4n) is 2.89. The summed E-state index contributed by atoms with van der Waals surface area (Å²) >= 11 is 1.79. The highest BCUT2D eigenvalue weighted by Gasteiger charge is 2.06. The third-order valence-corrected chi connectivity index (χ3v) is 5.21. The van der Waals surface area contributed by atoms with Crippen molar-refractivity contribution in [1.82, 2.24) is 15.6 Å². The average Bonchev–Trinajstić information content (AvgIpc) is 2.86. The summed E-state index contributed by atoms with van der Waals surface area (Å²) in [4.78, 5) is 10.5. The molecule has 0 fully saturated rings. The van der Waals surface area contributed by atoms with E-state index < -0.39 is 0 Å². The van der Waals surface area contributed by atoms with Crippen molar-refractivity contribution in [2.24, 2.45) is 4.99 Å². The van der Waals surface area contributed by atoms with Crippen LogP contribution in [-0.2, 0) is 6.42 Å². The number of aromatic nitrogens is 1. The molecule has 1 aliphatic carbocycles. The van der Waals surface area contributed by atoms with Crippen molar-refractivity contribution in [2.45, 2.75) is 59.3 Å². The summed E-state index contributed by atoms with van der Waals surface area (Å²) in [5, 5.41) is 7.94. The van der Waals surface area contributed by atoms with Gasteiger partial charge >= 0.3 is 0 Å². The number of aliphatic imine (C=N–C) groups is 1. The maximum atomic E-state index is 4.70. The number of halogens is 1. The molecular weight excluding hydrogens is 431 g/mol. The minimum absolute atomic E-state index is 0. The summed E-state index contributed by atoms with van der Waals surface area (Å²) in [6.45, 7) is 8.93.